The van der Waals surface area contributed by atoms with Crippen LogP contribution >= 0.6 is 24.0 Å². The number of carbonyl (C=O) groups excluding carboxylic acids is 1. The Hall–Kier alpha value is -1.06. The smallest absolute Gasteiger partial charge is 0.462 e. The number of amides is 1. The van der Waals surface area contributed by atoms with Crippen molar-refractivity contribution in [3.05, 3.63) is 29.0 Å². The maximum atomic E-state index is 13.9. The third-order valence-electron chi connectivity index (χ3n) is 5.45. The average molecular weight is 452 g/mol. The molecule has 1 aliphatic heterocycles. The minimum Gasteiger partial charge on any atom is -0.491 e. The van der Waals surface area contributed by atoms with Crippen LogP contribution in [-0.2, 0) is 18.8 Å². The molecule has 1 saturated heterocycles. The molecule has 1 aliphatic rings. The Morgan fingerprint density at radius 2 is 1.86 bits per heavy atom. The molecule has 2 N–H and O–H groups in total. The minimum absolute atomic E-state index is 0. The summed E-state index contributed by atoms with van der Waals surface area (Å²) in [5, 5.41) is 0.286. The lowest BCUT2D eigenvalue weighted by Crippen LogP contribution is -2.41. The number of nitrogens with two attached hydrogens (primary N) is 1. The van der Waals surface area contributed by atoms with Gasteiger partial charge >= 0.3 is 7.12 Å². The van der Waals surface area contributed by atoms with Crippen LogP contribution in [0.3, 0.4) is 0 Å². The predicted octanol–water partition coefficient (Wildman–Crippen LogP) is 3.88. The molecule has 10 heteroatoms. The van der Waals surface area contributed by atoms with Crippen molar-refractivity contribution >= 4 is 37.0 Å². The van der Waals surface area contributed by atoms with E-state index >= 15 is 0 Å². The van der Waals surface area contributed by atoms with E-state index in [0.29, 0.717) is 6.42 Å². The van der Waals surface area contributed by atoms with Crippen LogP contribution in [0, 0.1) is 11.7 Å². The van der Waals surface area contributed by atoms with Crippen LogP contribution in [0.25, 0.3) is 0 Å². The highest BCUT2D eigenvalue weighted by Crippen LogP contribution is 2.43. The van der Waals surface area contributed by atoms with Gasteiger partial charge in [-0.25, -0.2) is 4.39 Å². The average Bonchev–Trinajstić information content (AvgIpc) is 2.79. The van der Waals surface area contributed by atoms with Crippen molar-refractivity contribution in [1.29, 1.82) is 0 Å². The summed E-state index contributed by atoms with van der Waals surface area (Å²) in [5.41, 5.74) is 4.48. The topological polar surface area (TPSA) is 80.0 Å². The van der Waals surface area contributed by atoms with E-state index in [2.05, 4.69) is 0 Å². The van der Waals surface area contributed by atoms with Gasteiger partial charge in [0, 0.05) is 17.9 Å². The molecular weight excluding hydrogens is 423 g/mol. The van der Waals surface area contributed by atoms with Gasteiger partial charge in [-0.15, -0.1) is 12.4 Å². The van der Waals surface area contributed by atoms with Gasteiger partial charge < -0.3 is 24.5 Å². The summed E-state index contributed by atoms with van der Waals surface area (Å²) in [5.74, 6) is -2.05. The lowest BCUT2D eigenvalue weighted by molar-refractivity contribution is -0.123. The maximum Gasteiger partial charge on any atom is 0.462 e. The summed E-state index contributed by atoms with van der Waals surface area (Å²) in [6, 6.07) is 4.19. The van der Waals surface area contributed by atoms with Gasteiger partial charge in [-0.1, -0.05) is 11.6 Å². The van der Waals surface area contributed by atoms with Crippen molar-refractivity contribution in [3.8, 4) is 5.75 Å². The van der Waals surface area contributed by atoms with Crippen LogP contribution in [0.5, 0.6) is 5.75 Å². The Kier molecular flexibility index (Phi) is 9.24. The van der Waals surface area contributed by atoms with E-state index in [1.807, 2.05) is 27.7 Å². The highest BCUT2D eigenvalue weighted by molar-refractivity contribution is 6.48. The summed E-state index contributed by atoms with van der Waals surface area (Å²) in [7, 11) is 0.827. The predicted molar refractivity (Wildman–Crippen MR) is 113 cm³/mol. The molecule has 1 amide bonds. The lowest BCUT2D eigenvalue weighted by Gasteiger charge is -2.32. The third kappa shape index (κ3) is 6.21. The molecule has 2 atom stereocenters. The largest absolute Gasteiger partial charge is 0.491 e. The van der Waals surface area contributed by atoms with Crippen molar-refractivity contribution in [2.45, 2.75) is 51.1 Å². The first-order valence-corrected chi connectivity index (χ1v) is 9.58. The number of rotatable bonds is 9. The summed E-state index contributed by atoms with van der Waals surface area (Å²) in [6.45, 7) is 7.98. The number of hydrogen-bond donors (Lipinski definition) is 1. The normalized spacial score (nSPS) is 19.3. The van der Waals surface area contributed by atoms with Crippen molar-refractivity contribution in [2.24, 2.45) is 11.7 Å². The van der Waals surface area contributed by atoms with E-state index in [4.69, 9.17) is 36.1 Å². The Morgan fingerprint density at radius 3 is 2.34 bits per heavy atom. The van der Waals surface area contributed by atoms with E-state index in [1.165, 1.54) is 19.2 Å². The molecular formula is C19H29BCl2FNO5. The van der Waals surface area contributed by atoms with Crippen LogP contribution in [-0.4, -0.2) is 44.6 Å². The molecule has 1 unspecified atom stereocenters. The molecule has 1 aromatic rings. The summed E-state index contributed by atoms with van der Waals surface area (Å²) in [6.07, 6.45) is 0.357. The molecule has 1 heterocycles. The van der Waals surface area contributed by atoms with Crippen LogP contribution in [0.1, 0.15) is 34.1 Å². The van der Waals surface area contributed by atoms with E-state index in [-0.39, 0.29) is 36.4 Å². The van der Waals surface area contributed by atoms with Crippen LogP contribution in [0.4, 0.5) is 4.39 Å². The number of carbonyl (C=O) groups is 1. The number of methoxy groups -OCH3 is 1. The zero-order chi connectivity index (χ0) is 21.1. The molecule has 6 nitrogen and oxygen atoms in total. The molecule has 29 heavy (non-hydrogen) atoms. The van der Waals surface area contributed by atoms with Crippen molar-refractivity contribution < 1.29 is 28.0 Å². The fourth-order valence-corrected chi connectivity index (χ4v) is 3.24. The highest BCUT2D eigenvalue weighted by atomic mass is 35.5. The third-order valence-corrected chi connectivity index (χ3v) is 5.69. The van der Waals surface area contributed by atoms with Gasteiger partial charge in [0.05, 0.1) is 30.3 Å². The second-order valence-corrected chi connectivity index (χ2v) is 8.40. The molecule has 0 bridgehead atoms. The Bertz CT molecular complexity index is 691. The first-order valence-electron chi connectivity index (χ1n) is 9.20. The van der Waals surface area contributed by atoms with Crippen LogP contribution in [0.15, 0.2) is 18.2 Å². The number of halogens is 3. The second-order valence-electron chi connectivity index (χ2n) is 7.96. The van der Waals surface area contributed by atoms with E-state index in [0.717, 1.165) is 0 Å². The van der Waals surface area contributed by atoms with Gasteiger partial charge in [0.2, 0.25) is 5.91 Å². The standard InChI is InChI=1S/C19H28BClFNO5.ClH/c1-18(2)19(3,4)28-20(27-18)14(13(11-25-5)17(23)24)8-9-26-16-7-6-12(21)10-15(16)22;/h6-7,10,13-14H,8-9,11H2,1-5H3,(H2,23,24);1H/t13?,14-;/m1./s1. The fourth-order valence-electron chi connectivity index (χ4n) is 3.08. The van der Waals surface area contributed by atoms with Gasteiger partial charge in [-0.2, -0.15) is 0 Å². The number of benzene rings is 1. The number of primary amides is 1. The molecule has 0 aliphatic carbocycles. The second kappa shape index (κ2) is 10.3. The fraction of sp³-hybridized carbons (Fsp3) is 0.632. The zero-order valence-corrected chi connectivity index (χ0v) is 18.9. The Labute approximate surface area is 183 Å². The first-order chi connectivity index (χ1) is 13.0. The monoisotopic (exact) mass is 451 g/mol. The molecule has 1 aromatic carbocycles. The lowest BCUT2D eigenvalue weighted by atomic mass is 9.63. The molecule has 2 rings (SSSR count). The number of hydrogen-bond acceptors (Lipinski definition) is 5. The van der Waals surface area contributed by atoms with Crippen molar-refractivity contribution in [3.63, 3.8) is 0 Å². The van der Waals surface area contributed by atoms with Crippen molar-refractivity contribution in [1.82, 2.24) is 0 Å². The van der Waals surface area contributed by atoms with Gasteiger partial charge in [0.25, 0.3) is 0 Å². The molecule has 164 valence electrons. The van der Waals surface area contributed by atoms with E-state index < -0.39 is 41.8 Å². The summed E-state index contributed by atoms with van der Waals surface area (Å²) in [4.78, 5) is 12.1. The quantitative estimate of drug-likeness (QED) is 0.576. The Balaban J connectivity index is 0.00000420. The molecule has 1 fully saturated rings. The maximum absolute atomic E-state index is 13.9. The zero-order valence-electron chi connectivity index (χ0n) is 17.4. The molecule has 0 aromatic heterocycles. The molecule has 0 radical (unpaired) electrons. The minimum atomic E-state index is -0.670. The Morgan fingerprint density at radius 1 is 1.28 bits per heavy atom. The van der Waals surface area contributed by atoms with E-state index in [9.17, 15) is 9.18 Å². The summed E-state index contributed by atoms with van der Waals surface area (Å²) < 4.78 is 36.9. The summed E-state index contributed by atoms with van der Waals surface area (Å²) >= 11 is 5.76. The van der Waals surface area contributed by atoms with Crippen molar-refractivity contribution in [2.75, 3.05) is 20.3 Å². The van der Waals surface area contributed by atoms with Gasteiger partial charge in [-0.05, 0) is 52.3 Å². The van der Waals surface area contributed by atoms with Gasteiger partial charge in [0.15, 0.2) is 11.6 Å². The van der Waals surface area contributed by atoms with Crippen LogP contribution < -0.4 is 10.5 Å². The van der Waals surface area contributed by atoms with Crippen LogP contribution in [0.2, 0.25) is 10.8 Å². The van der Waals surface area contributed by atoms with Gasteiger partial charge in [-0.3, -0.25) is 4.79 Å². The first kappa shape index (κ1) is 26.0. The number of ether oxygens (including phenoxy) is 2. The van der Waals surface area contributed by atoms with Gasteiger partial charge in [0.1, 0.15) is 0 Å². The highest BCUT2D eigenvalue weighted by Gasteiger charge is 2.55. The SMILES string of the molecule is COCC(C(N)=O)[C@@H](CCOc1ccc(Cl)cc1F)B1OC(C)(C)C(C)(C)O1.Cl. The van der Waals surface area contributed by atoms with E-state index in [1.54, 1.807) is 6.07 Å². The molecule has 0 spiro atoms. The molecule has 0 saturated carbocycles.